The Kier molecular flexibility index (Phi) is 4.25. The van der Waals surface area contributed by atoms with E-state index in [-0.39, 0.29) is 11.9 Å². The van der Waals surface area contributed by atoms with Gasteiger partial charge in [0, 0.05) is 6.04 Å². The van der Waals surface area contributed by atoms with E-state index in [4.69, 9.17) is 5.73 Å². The molecule has 0 heterocycles. The van der Waals surface area contributed by atoms with Gasteiger partial charge in [-0.05, 0) is 25.7 Å². The zero-order valence-corrected chi connectivity index (χ0v) is 11.1. The predicted molar refractivity (Wildman–Crippen MR) is 69.8 cm³/mol. The lowest BCUT2D eigenvalue weighted by atomic mass is 9.78. The van der Waals surface area contributed by atoms with Crippen molar-refractivity contribution in [3.05, 3.63) is 0 Å². The molecule has 2 fully saturated rings. The second-order valence-corrected chi connectivity index (χ2v) is 5.76. The van der Waals surface area contributed by atoms with Crippen LogP contribution in [0.25, 0.3) is 0 Å². The Bertz CT molecular complexity index is 305. The molecule has 0 aromatic heterocycles. The molecule has 102 valence electrons. The summed E-state index contributed by atoms with van der Waals surface area (Å²) >= 11 is 0. The van der Waals surface area contributed by atoms with Crippen LogP contribution < -0.4 is 5.73 Å². The van der Waals surface area contributed by atoms with Crippen LogP contribution in [-0.4, -0.2) is 28.8 Å². The van der Waals surface area contributed by atoms with Crippen LogP contribution in [0.5, 0.6) is 0 Å². The van der Waals surface area contributed by atoms with E-state index in [1.807, 2.05) is 0 Å². The number of rotatable bonds is 4. The van der Waals surface area contributed by atoms with Gasteiger partial charge < -0.3 is 10.6 Å². The molecule has 2 aliphatic rings. The molecule has 0 radical (unpaired) electrons. The summed E-state index contributed by atoms with van der Waals surface area (Å²) in [5.41, 5.74) is 4.95. The molecular weight excluding hydrogens is 228 g/mol. The molecule has 2 N–H and O–H groups in total. The zero-order chi connectivity index (χ0) is 13.0. The maximum Gasteiger partial charge on any atom is 0.243 e. The van der Waals surface area contributed by atoms with Gasteiger partial charge in [0.2, 0.25) is 12.3 Å². The molecule has 0 unspecified atom stereocenters. The van der Waals surface area contributed by atoms with Crippen LogP contribution in [0.15, 0.2) is 0 Å². The molecular formula is C14H24N2O2. The first kappa shape index (κ1) is 13.4. The first-order chi connectivity index (χ1) is 8.70. The second kappa shape index (κ2) is 5.72. The van der Waals surface area contributed by atoms with E-state index >= 15 is 0 Å². The number of hydrogen-bond acceptors (Lipinski definition) is 2. The van der Waals surface area contributed by atoms with Crippen LogP contribution >= 0.6 is 0 Å². The minimum absolute atomic E-state index is 0.224. The third-order valence-electron chi connectivity index (χ3n) is 4.72. The van der Waals surface area contributed by atoms with E-state index in [0.717, 1.165) is 64.2 Å². The quantitative estimate of drug-likeness (QED) is 0.777. The van der Waals surface area contributed by atoms with Gasteiger partial charge in [0.25, 0.3) is 0 Å². The number of carbonyl (C=O) groups is 2. The average Bonchev–Trinajstić information content (AvgIpc) is 2.41. The van der Waals surface area contributed by atoms with Crippen molar-refractivity contribution in [3.8, 4) is 0 Å². The van der Waals surface area contributed by atoms with Gasteiger partial charge in [0.15, 0.2) is 0 Å². The highest BCUT2D eigenvalue weighted by atomic mass is 16.2. The number of carbonyl (C=O) groups excluding carboxylic acids is 2. The monoisotopic (exact) mass is 252 g/mol. The van der Waals surface area contributed by atoms with Crippen molar-refractivity contribution in [1.82, 2.24) is 4.90 Å². The molecule has 4 heteroatoms. The summed E-state index contributed by atoms with van der Waals surface area (Å²) in [7, 11) is 0. The summed E-state index contributed by atoms with van der Waals surface area (Å²) in [6, 6.07) is 0.224. The van der Waals surface area contributed by atoms with Crippen molar-refractivity contribution in [2.75, 3.05) is 0 Å². The van der Waals surface area contributed by atoms with Gasteiger partial charge in [-0.3, -0.25) is 9.59 Å². The molecule has 0 atom stereocenters. The summed E-state index contributed by atoms with van der Waals surface area (Å²) in [6.45, 7) is 0. The van der Waals surface area contributed by atoms with Crippen LogP contribution in [0, 0.1) is 0 Å². The van der Waals surface area contributed by atoms with E-state index in [1.54, 1.807) is 4.90 Å². The maximum absolute atomic E-state index is 11.9. The van der Waals surface area contributed by atoms with Gasteiger partial charge in [0.1, 0.15) is 5.54 Å². The Balaban J connectivity index is 2.20. The molecule has 18 heavy (non-hydrogen) atoms. The van der Waals surface area contributed by atoms with Gasteiger partial charge >= 0.3 is 0 Å². The normalized spacial score (nSPS) is 24.4. The van der Waals surface area contributed by atoms with Gasteiger partial charge in [-0.25, -0.2) is 0 Å². The highest BCUT2D eigenvalue weighted by Gasteiger charge is 2.45. The van der Waals surface area contributed by atoms with E-state index in [0.29, 0.717) is 0 Å². The van der Waals surface area contributed by atoms with Crippen LogP contribution in [-0.2, 0) is 9.59 Å². The SMILES string of the molecule is NC(=O)C1(N(C=O)C2CCCCC2)CCCCC1. The molecule has 2 amide bonds. The largest absolute Gasteiger partial charge is 0.368 e. The molecule has 2 saturated carbocycles. The number of hydrogen-bond donors (Lipinski definition) is 1. The Morgan fingerprint density at radius 3 is 2.11 bits per heavy atom. The first-order valence-corrected chi connectivity index (χ1v) is 7.24. The third kappa shape index (κ3) is 2.38. The first-order valence-electron chi connectivity index (χ1n) is 7.24. The van der Waals surface area contributed by atoms with Gasteiger partial charge in [0.05, 0.1) is 0 Å². The number of nitrogens with two attached hydrogens (primary N) is 1. The molecule has 0 aliphatic heterocycles. The fraction of sp³-hybridized carbons (Fsp3) is 0.857. The minimum atomic E-state index is -0.692. The lowest BCUT2D eigenvalue weighted by Gasteiger charge is -2.47. The van der Waals surface area contributed by atoms with Crippen LogP contribution in [0.2, 0.25) is 0 Å². The molecule has 2 aliphatic carbocycles. The van der Waals surface area contributed by atoms with Crippen molar-refractivity contribution >= 4 is 12.3 Å². The molecule has 2 rings (SSSR count). The minimum Gasteiger partial charge on any atom is -0.368 e. The van der Waals surface area contributed by atoms with Crippen LogP contribution in [0.4, 0.5) is 0 Å². The molecule has 0 aromatic rings. The Hall–Kier alpha value is -1.06. The Morgan fingerprint density at radius 1 is 1.06 bits per heavy atom. The molecule has 0 spiro atoms. The Morgan fingerprint density at radius 2 is 1.61 bits per heavy atom. The highest BCUT2D eigenvalue weighted by molar-refractivity contribution is 5.87. The number of nitrogens with zero attached hydrogens (tertiary/aromatic N) is 1. The van der Waals surface area contributed by atoms with Gasteiger partial charge in [-0.2, -0.15) is 0 Å². The van der Waals surface area contributed by atoms with E-state index < -0.39 is 5.54 Å². The fourth-order valence-electron chi connectivity index (χ4n) is 3.66. The molecule has 0 saturated heterocycles. The smallest absolute Gasteiger partial charge is 0.243 e. The highest BCUT2D eigenvalue weighted by Crippen LogP contribution is 2.37. The van der Waals surface area contributed by atoms with Crippen molar-refractivity contribution in [1.29, 1.82) is 0 Å². The second-order valence-electron chi connectivity index (χ2n) is 5.76. The maximum atomic E-state index is 11.9. The van der Waals surface area contributed by atoms with Crippen molar-refractivity contribution < 1.29 is 9.59 Å². The predicted octanol–water partition coefficient (Wildman–Crippen LogP) is 1.97. The van der Waals surface area contributed by atoms with Crippen LogP contribution in [0.1, 0.15) is 64.2 Å². The third-order valence-corrected chi connectivity index (χ3v) is 4.72. The molecule has 4 nitrogen and oxygen atoms in total. The summed E-state index contributed by atoms with van der Waals surface area (Å²) in [5, 5.41) is 0. The summed E-state index contributed by atoms with van der Waals surface area (Å²) < 4.78 is 0. The lowest BCUT2D eigenvalue weighted by Crippen LogP contribution is -2.61. The number of primary amides is 1. The van der Waals surface area contributed by atoms with E-state index in [2.05, 4.69) is 0 Å². The zero-order valence-electron chi connectivity index (χ0n) is 11.1. The topological polar surface area (TPSA) is 63.4 Å². The fourth-order valence-corrected chi connectivity index (χ4v) is 3.66. The lowest BCUT2D eigenvalue weighted by molar-refractivity contribution is -0.145. The summed E-state index contributed by atoms with van der Waals surface area (Å²) in [5.74, 6) is -0.306. The van der Waals surface area contributed by atoms with E-state index in [1.165, 1.54) is 6.42 Å². The van der Waals surface area contributed by atoms with Crippen molar-refractivity contribution in [2.24, 2.45) is 5.73 Å². The van der Waals surface area contributed by atoms with Crippen LogP contribution in [0.3, 0.4) is 0 Å². The van der Waals surface area contributed by atoms with E-state index in [9.17, 15) is 9.59 Å². The Labute approximate surface area is 109 Å². The molecule has 0 aromatic carbocycles. The van der Waals surface area contributed by atoms with Crippen molar-refractivity contribution in [3.63, 3.8) is 0 Å². The molecule has 0 bridgehead atoms. The average molecular weight is 252 g/mol. The van der Waals surface area contributed by atoms with Gasteiger partial charge in [-0.15, -0.1) is 0 Å². The van der Waals surface area contributed by atoms with Gasteiger partial charge in [-0.1, -0.05) is 38.5 Å². The summed E-state index contributed by atoms with van der Waals surface area (Å²) in [6.07, 6.45) is 11.1. The van der Waals surface area contributed by atoms with Crippen molar-refractivity contribution in [2.45, 2.75) is 75.8 Å². The summed E-state index contributed by atoms with van der Waals surface area (Å²) in [4.78, 5) is 25.3. The standard InChI is InChI=1S/C14H24N2O2/c15-13(18)14(9-5-2-6-10-14)16(11-17)12-7-3-1-4-8-12/h11-12H,1-10H2,(H2,15,18). The number of amides is 2.